The fraction of sp³-hybridized carbons (Fsp3) is 0.500. The van der Waals surface area contributed by atoms with Crippen LogP contribution in [0, 0.1) is 18.3 Å². The lowest BCUT2D eigenvalue weighted by molar-refractivity contribution is -0.123. The number of nitrogens with two attached hydrogens (primary N) is 1. The summed E-state index contributed by atoms with van der Waals surface area (Å²) < 4.78 is 10.9. The third-order valence-corrected chi connectivity index (χ3v) is 9.00. The van der Waals surface area contributed by atoms with Gasteiger partial charge in [-0.1, -0.05) is 6.07 Å². The van der Waals surface area contributed by atoms with Gasteiger partial charge in [0, 0.05) is 34.9 Å². The van der Waals surface area contributed by atoms with Crippen molar-refractivity contribution >= 4 is 17.5 Å². The molecule has 39 heavy (non-hydrogen) atoms. The molecule has 11 heteroatoms. The van der Waals surface area contributed by atoms with E-state index in [1.165, 1.54) is 14.2 Å². The van der Waals surface area contributed by atoms with Crippen LogP contribution in [0.15, 0.2) is 28.5 Å². The van der Waals surface area contributed by atoms with Gasteiger partial charge in [0.25, 0.3) is 0 Å². The first-order valence-corrected chi connectivity index (χ1v) is 13.0. The van der Waals surface area contributed by atoms with Gasteiger partial charge in [0.1, 0.15) is 6.04 Å². The lowest BCUT2D eigenvalue weighted by Gasteiger charge is -2.52. The number of hydrogen-bond donors (Lipinski definition) is 3. The smallest absolute Gasteiger partial charge is 0.236 e. The van der Waals surface area contributed by atoms with E-state index < -0.39 is 35.9 Å². The van der Waals surface area contributed by atoms with Crippen LogP contribution in [0.2, 0.25) is 0 Å². The van der Waals surface area contributed by atoms with E-state index in [-0.39, 0.29) is 59.5 Å². The molecule has 0 bridgehead atoms. The van der Waals surface area contributed by atoms with Crippen molar-refractivity contribution in [1.29, 1.82) is 5.26 Å². The number of hydrogen-bond acceptors (Lipinski definition) is 10. The summed E-state index contributed by atoms with van der Waals surface area (Å²) in [5.74, 6) is -0.676. The molecule has 0 saturated carbocycles. The highest BCUT2D eigenvalue weighted by molar-refractivity contribution is 6.25. The Hall–Kier alpha value is -3.72. The SMILES string of the molecule is COC1=C(C)C(=O)C2=C(C1=O)[C@H](CNC(=O)[C@H](C)N)N1C(C2)[C@H]2c3c(cc(C)c(OC)c3O)C3C([C@@H]1C#N)N32. The highest BCUT2D eigenvalue weighted by Crippen LogP contribution is 2.68. The monoisotopic (exact) mass is 533 g/mol. The lowest BCUT2D eigenvalue weighted by atomic mass is 9.73. The van der Waals surface area contributed by atoms with Crippen LogP contribution in [0.4, 0.5) is 0 Å². The first kappa shape index (κ1) is 25.6. The minimum atomic E-state index is -0.777. The van der Waals surface area contributed by atoms with Gasteiger partial charge in [0.05, 0.1) is 50.5 Å². The van der Waals surface area contributed by atoms with E-state index in [9.17, 15) is 24.8 Å². The summed E-state index contributed by atoms with van der Waals surface area (Å²) in [6.07, 6.45) is 0.208. The van der Waals surface area contributed by atoms with Gasteiger partial charge in [0.15, 0.2) is 23.0 Å². The molecule has 4 unspecified atom stereocenters. The summed E-state index contributed by atoms with van der Waals surface area (Å²) in [5.41, 5.74) is 9.12. The minimum Gasteiger partial charge on any atom is -0.504 e. The Balaban J connectivity index is 1.52. The van der Waals surface area contributed by atoms with Crippen molar-refractivity contribution in [3.05, 3.63) is 45.2 Å². The summed E-state index contributed by atoms with van der Waals surface area (Å²) >= 11 is 0. The largest absolute Gasteiger partial charge is 0.504 e. The zero-order chi connectivity index (χ0) is 28.1. The number of fused-ring (bicyclic) bond motifs is 6. The minimum absolute atomic E-state index is 0.0108. The molecule has 0 aromatic heterocycles. The number of phenolic OH excluding ortho intramolecular Hbond substituents is 1. The normalized spacial score (nSPS) is 33.0. The van der Waals surface area contributed by atoms with Crippen molar-refractivity contribution in [3.8, 4) is 17.6 Å². The van der Waals surface area contributed by atoms with E-state index in [0.29, 0.717) is 11.3 Å². The van der Waals surface area contributed by atoms with E-state index in [1.807, 2.05) is 17.9 Å². The third kappa shape index (κ3) is 3.22. The summed E-state index contributed by atoms with van der Waals surface area (Å²) in [6.45, 7) is 4.99. The van der Waals surface area contributed by atoms with Crippen LogP contribution in [0.25, 0.3) is 0 Å². The van der Waals surface area contributed by atoms with E-state index in [0.717, 1.165) is 16.7 Å². The molecular formula is C28H31N5O6. The summed E-state index contributed by atoms with van der Waals surface area (Å²) in [4.78, 5) is 44.1. The number of rotatable bonds is 5. The van der Waals surface area contributed by atoms with Gasteiger partial charge in [0.2, 0.25) is 11.7 Å². The summed E-state index contributed by atoms with van der Waals surface area (Å²) in [7, 11) is 2.86. The molecule has 0 spiro atoms. The fourth-order valence-electron chi connectivity index (χ4n) is 7.42. The van der Waals surface area contributed by atoms with Crippen LogP contribution in [0.5, 0.6) is 11.5 Å². The van der Waals surface area contributed by atoms with E-state index >= 15 is 0 Å². The number of aryl methyl sites for hydroxylation is 1. The van der Waals surface area contributed by atoms with Crippen molar-refractivity contribution in [2.24, 2.45) is 5.73 Å². The maximum Gasteiger partial charge on any atom is 0.236 e. The van der Waals surface area contributed by atoms with Crippen LogP contribution in [-0.2, 0) is 19.1 Å². The Kier molecular flexibility index (Phi) is 5.66. The maximum atomic E-state index is 13.7. The zero-order valence-corrected chi connectivity index (χ0v) is 22.4. The first-order chi connectivity index (χ1) is 18.6. The second-order valence-corrected chi connectivity index (χ2v) is 11.0. The highest BCUT2D eigenvalue weighted by Gasteiger charge is 2.71. The van der Waals surface area contributed by atoms with Gasteiger partial charge in [-0.3, -0.25) is 24.2 Å². The molecule has 11 nitrogen and oxygen atoms in total. The number of carbonyl (C=O) groups excluding carboxylic acids is 3. The number of phenols is 1. The molecule has 204 valence electrons. The van der Waals surface area contributed by atoms with Crippen LogP contribution in [-0.4, -0.2) is 83.4 Å². The first-order valence-electron chi connectivity index (χ1n) is 13.0. The van der Waals surface area contributed by atoms with Crippen molar-refractivity contribution in [1.82, 2.24) is 15.1 Å². The van der Waals surface area contributed by atoms with Gasteiger partial charge in [-0.2, -0.15) is 5.26 Å². The van der Waals surface area contributed by atoms with Crippen molar-refractivity contribution in [3.63, 3.8) is 0 Å². The number of nitrogens with one attached hydrogen (secondary N) is 1. The summed E-state index contributed by atoms with van der Waals surface area (Å²) in [6, 6.07) is 1.34. The van der Waals surface area contributed by atoms with Gasteiger partial charge in [-0.25, -0.2) is 0 Å². The number of allylic oxidation sites excluding steroid dienone is 2. The van der Waals surface area contributed by atoms with Crippen molar-refractivity contribution < 1.29 is 29.0 Å². The second kappa shape index (κ2) is 8.64. The Labute approximate surface area is 225 Å². The van der Waals surface area contributed by atoms with Gasteiger partial charge in [-0.15, -0.1) is 0 Å². The topological polar surface area (TPSA) is 158 Å². The van der Waals surface area contributed by atoms with Gasteiger partial charge >= 0.3 is 0 Å². The van der Waals surface area contributed by atoms with Gasteiger partial charge < -0.3 is 25.6 Å². The Morgan fingerprint density at radius 1 is 1.23 bits per heavy atom. The molecule has 1 aromatic carbocycles. The van der Waals surface area contributed by atoms with Crippen LogP contribution >= 0.6 is 0 Å². The molecule has 1 aliphatic carbocycles. The Morgan fingerprint density at radius 2 is 1.95 bits per heavy atom. The molecule has 5 aliphatic rings. The standard InChI is InChI=1S/C28H31N5O6/c1-10-6-13-19(25(36)26(10)38-4)21-15-7-14-18(24(35)27(39-5)11(2)23(14)34)17(9-31-28(37)12(3)30)32(15)16(8-29)22-20(13)33(21)22/h6,12,15-17,20-22,36H,7,9,30H2,1-5H3,(H,31,37)/t12-,15?,16-,17-,20?,21-,22?,33?/m0/s1. The molecule has 4 N–H and O–H groups in total. The molecule has 8 atom stereocenters. The number of nitrogens with zero attached hydrogens (tertiary/aromatic N) is 3. The Bertz CT molecular complexity index is 1450. The number of benzene rings is 1. The molecule has 1 aromatic rings. The number of amides is 1. The number of carbonyl (C=O) groups is 3. The van der Waals surface area contributed by atoms with Gasteiger partial charge in [-0.05, 0) is 38.3 Å². The van der Waals surface area contributed by atoms with E-state index in [2.05, 4.69) is 16.3 Å². The average Bonchev–Trinajstić information content (AvgIpc) is 3.54. The maximum absolute atomic E-state index is 13.7. The zero-order valence-electron chi connectivity index (χ0n) is 22.4. The highest BCUT2D eigenvalue weighted by atomic mass is 16.5. The fourth-order valence-corrected chi connectivity index (χ4v) is 7.42. The van der Waals surface area contributed by atoms with Crippen LogP contribution in [0.3, 0.4) is 0 Å². The number of ketones is 2. The van der Waals surface area contributed by atoms with Crippen molar-refractivity contribution in [2.45, 2.75) is 69.5 Å². The predicted octanol–water partition coefficient (Wildman–Crippen LogP) is 0.670. The molecule has 1 amide bonds. The molecule has 6 rings (SSSR count). The quantitative estimate of drug-likeness (QED) is 0.363. The lowest BCUT2D eigenvalue weighted by Crippen LogP contribution is -2.65. The number of ether oxygens (including phenoxy) is 2. The molecular weight excluding hydrogens is 502 g/mol. The average molecular weight is 534 g/mol. The number of methoxy groups -OCH3 is 2. The summed E-state index contributed by atoms with van der Waals surface area (Å²) in [5, 5.41) is 24.6. The molecule has 0 radical (unpaired) electrons. The van der Waals surface area contributed by atoms with E-state index in [4.69, 9.17) is 15.2 Å². The molecule has 4 aliphatic heterocycles. The molecule has 2 fully saturated rings. The van der Waals surface area contributed by atoms with E-state index in [1.54, 1.807) is 13.8 Å². The molecule has 2 saturated heterocycles. The number of aromatic hydroxyl groups is 1. The molecule has 4 heterocycles. The number of Topliss-reactive ketones (excluding diaryl/α,β-unsaturated/α-hetero) is 2. The van der Waals surface area contributed by atoms with Crippen LogP contribution in [0.1, 0.15) is 49.0 Å². The van der Waals surface area contributed by atoms with Crippen molar-refractivity contribution in [2.75, 3.05) is 20.8 Å². The second-order valence-electron chi connectivity index (χ2n) is 11.0. The Morgan fingerprint density at radius 3 is 2.56 bits per heavy atom. The number of piperazine rings is 1. The predicted molar refractivity (Wildman–Crippen MR) is 137 cm³/mol. The number of nitriles is 1. The van der Waals surface area contributed by atoms with Crippen LogP contribution < -0.4 is 15.8 Å². The third-order valence-electron chi connectivity index (χ3n) is 9.00.